The third-order valence-corrected chi connectivity index (χ3v) is 3.68. The molecular formula is C15H29N3O2. The first-order valence-electron chi connectivity index (χ1n) is 7.99. The van der Waals surface area contributed by atoms with Crippen LogP contribution >= 0.6 is 0 Å². The zero-order chi connectivity index (χ0) is 14.6. The zero-order valence-electron chi connectivity index (χ0n) is 12.7. The van der Waals surface area contributed by atoms with Crippen LogP contribution in [0.15, 0.2) is 0 Å². The van der Waals surface area contributed by atoms with Gasteiger partial charge in [0.15, 0.2) is 0 Å². The normalized spacial score (nSPS) is 15.8. The Kier molecular flexibility index (Phi) is 9.04. The fourth-order valence-electron chi connectivity index (χ4n) is 2.49. The van der Waals surface area contributed by atoms with Gasteiger partial charge < -0.3 is 16.0 Å². The van der Waals surface area contributed by atoms with E-state index in [0.29, 0.717) is 19.5 Å². The lowest BCUT2D eigenvalue weighted by Gasteiger charge is -2.20. The van der Waals surface area contributed by atoms with Crippen molar-refractivity contribution in [2.75, 3.05) is 26.2 Å². The van der Waals surface area contributed by atoms with Gasteiger partial charge in [0.05, 0.1) is 0 Å². The second-order valence-electron chi connectivity index (χ2n) is 5.48. The summed E-state index contributed by atoms with van der Waals surface area (Å²) < 4.78 is 0. The Hall–Kier alpha value is -1.10. The van der Waals surface area contributed by atoms with Crippen molar-refractivity contribution in [1.29, 1.82) is 0 Å². The minimum absolute atomic E-state index is 0.00671. The molecule has 3 N–H and O–H groups in total. The topological polar surface area (TPSA) is 70.2 Å². The summed E-state index contributed by atoms with van der Waals surface area (Å²) in [6.07, 6.45) is 7.03. The third kappa shape index (κ3) is 7.48. The van der Waals surface area contributed by atoms with Crippen molar-refractivity contribution in [3.8, 4) is 0 Å². The number of amides is 2. The second-order valence-corrected chi connectivity index (χ2v) is 5.48. The van der Waals surface area contributed by atoms with E-state index in [4.69, 9.17) is 0 Å². The number of nitrogens with one attached hydrogen (secondary N) is 3. The molecule has 0 bridgehead atoms. The first kappa shape index (κ1) is 17.0. The van der Waals surface area contributed by atoms with Gasteiger partial charge in [0.2, 0.25) is 11.8 Å². The second kappa shape index (κ2) is 10.7. The average Bonchev–Trinajstić information content (AvgIpc) is 2.48. The van der Waals surface area contributed by atoms with Gasteiger partial charge in [-0.15, -0.1) is 0 Å². The summed E-state index contributed by atoms with van der Waals surface area (Å²) in [5, 5.41) is 8.94. The first-order valence-corrected chi connectivity index (χ1v) is 7.99. The zero-order valence-corrected chi connectivity index (χ0v) is 12.7. The van der Waals surface area contributed by atoms with E-state index < -0.39 is 0 Å². The third-order valence-electron chi connectivity index (χ3n) is 3.68. The van der Waals surface area contributed by atoms with Crippen LogP contribution < -0.4 is 16.0 Å². The molecule has 0 saturated heterocycles. The van der Waals surface area contributed by atoms with Crippen LogP contribution in [0.25, 0.3) is 0 Å². The lowest BCUT2D eigenvalue weighted by molar-refractivity contribution is -0.126. The van der Waals surface area contributed by atoms with Crippen LogP contribution in [0.5, 0.6) is 0 Å². The van der Waals surface area contributed by atoms with Gasteiger partial charge in [-0.1, -0.05) is 26.2 Å². The first-order chi connectivity index (χ1) is 9.74. The van der Waals surface area contributed by atoms with Crippen LogP contribution in [-0.4, -0.2) is 38.0 Å². The summed E-state index contributed by atoms with van der Waals surface area (Å²) in [6, 6.07) is 0. The van der Waals surface area contributed by atoms with E-state index in [1.54, 1.807) is 0 Å². The van der Waals surface area contributed by atoms with Crippen molar-refractivity contribution in [2.24, 2.45) is 5.92 Å². The molecule has 1 saturated carbocycles. The van der Waals surface area contributed by atoms with Crippen LogP contribution in [0.1, 0.15) is 51.9 Å². The molecule has 0 aromatic carbocycles. The molecule has 116 valence electrons. The predicted molar refractivity (Wildman–Crippen MR) is 80.4 cm³/mol. The number of hydrogen-bond donors (Lipinski definition) is 3. The smallest absolute Gasteiger partial charge is 0.223 e. The van der Waals surface area contributed by atoms with Gasteiger partial charge in [-0.05, 0) is 25.8 Å². The van der Waals surface area contributed by atoms with Crippen molar-refractivity contribution in [2.45, 2.75) is 51.9 Å². The molecule has 20 heavy (non-hydrogen) atoms. The molecule has 0 aromatic rings. The molecule has 0 radical (unpaired) electrons. The fraction of sp³-hybridized carbons (Fsp3) is 0.867. The molecule has 5 nitrogen and oxygen atoms in total. The van der Waals surface area contributed by atoms with Crippen LogP contribution in [0.4, 0.5) is 0 Å². The largest absolute Gasteiger partial charge is 0.355 e. The van der Waals surface area contributed by atoms with E-state index in [0.717, 1.165) is 45.2 Å². The molecule has 1 fully saturated rings. The van der Waals surface area contributed by atoms with Crippen LogP contribution in [0.2, 0.25) is 0 Å². The highest BCUT2D eigenvalue weighted by Crippen LogP contribution is 2.23. The maximum Gasteiger partial charge on any atom is 0.223 e. The Morgan fingerprint density at radius 3 is 2.40 bits per heavy atom. The number of carbonyl (C=O) groups excluding carboxylic acids is 2. The number of carbonyl (C=O) groups is 2. The Balaban J connectivity index is 1.99. The lowest BCUT2D eigenvalue weighted by atomic mass is 9.89. The highest BCUT2D eigenvalue weighted by atomic mass is 16.2. The van der Waals surface area contributed by atoms with Gasteiger partial charge in [0, 0.05) is 32.0 Å². The van der Waals surface area contributed by atoms with E-state index in [1.165, 1.54) is 6.42 Å². The van der Waals surface area contributed by atoms with Crippen molar-refractivity contribution >= 4 is 11.8 Å². The molecule has 0 heterocycles. The maximum absolute atomic E-state index is 11.9. The average molecular weight is 283 g/mol. The molecule has 0 aromatic heterocycles. The lowest BCUT2D eigenvalue weighted by Crippen LogP contribution is -2.36. The maximum atomic E-state index is 11.9. The molecule has 0 aliphatic heterocycles. The van der Waals surface area contributed by atoms with Crippen molar-refractivity contribution in [3.63, 3.8) is 0 Å². The van der Waals surface area contributed by atoms with Crippen LogP contribution in [0, 0.1) is 5.92 Å². The van der Waals surface area contributed by atoms with Crippen molar-refractivity contribution < 1.29 is 9.59 Å². The molecular weight excluding hydrogens is 254 g/mol. The Morgan fingerprint density at radius 2 is 1.70 bits per heavy atom. The van der Waals surface area contributed by atoms with E-state index in [-0.39, 0.29) is 17.7 Å². The summed E-state index contributed by atoms with van der Waals surface area (Å²) in [5.74, 6) is 0.305. The van der Waals surface area contributed by atoms with Gasteiger partial charge in [-0.3, -0.25) is 9.59 Å². The molecule has 2 amide bonds. The highest BCUT2D eigenvalue weighted by Gasteiger charge is 2.20. The van der Waals surface area contributed by atoms with E-state index in [1.807, 2.05) is 0 Å². The molecule has 0 unspecified atom stereocenters. The minimum atomic E-state index is 0.00671. The minimum Gasteiger partial charge on any atom is -0.355 e. The molecule has 1 aliphatic rings. The SMILES string of the molecule is CCCNCCNC(=O)CCNC(=O)C1CCCCC1. The molecule has 1 aliphatic carbocycles. The Bertz CT molecular complexity index is 289. The molecule has 1 rings (SSSR count). The van der Waals surface area contributed by atoms with Gasteiger partial charge in [-0.2, -0.15) is 0 Å². The van der Waals surface area contributed by atoms with Crippen molar-refractivity contribution in [1.82, 2.24) is 16.0 Å². The summed E-state index contributed by atoms with van der Waals surface area (Å²) in [7, 11) is 0. The summed E-state index contributed by atoms with van der Waals surface area (Å²) in [5.41, 5.74) is 0. The van der Waals surface area contributed by atoms with Gasteiger partial charge in [0.25, 0.3) is 0 Å². The molecule has 0 atom stereocenters. The van der Waals surface area contributed by atoms with E-state index >= 15 is 0 Å². The fourth-order valence-corrected chi connectivity index (χ4v) is 2.49. The summed E-state index contributed by atoms with van der Waals surface area (Å²) in [6.45, 7) is 4.99. The van der Waals surface area contributed by atoms with Crippen LogP contribution in [0.3, 0.4) is 0 Å². The van der Waals surface area contributed by atoms with Crippen LogP contribution in [-0.2, 0) is 9.59 Å². The summed E-state index contributed by atoms with van der Waals surface area (Å²) >= 11 is 0. The van der Waals surface area contributed by atoms with Gasteiger partial charge >= 0.3 is 0 Å². The number of hydrogen-bond acceptors (Lipinski definition) is 3. The standard InChI is InChI=1S/C15H29N3O2/c1-2-9-16-11-12-17-14(19)8-10-18-15(20)13-6-4-3-5-7-13/h13,16H,2-12H2,1H3,(H,17,19)(H,18,20). The Morgan fingerprint density at radius 1 is 0.950 bits per heavy atom. The molecule has 0 spiro atoms. The van der Waals surface area contributed by atoms with Gasteiger partial charge in [0.1, 0.15) is 0 Å². The Labute approximate surface area is 122 Å². The molecule has 5 heteroatoms. The highest BCUT2D eigenvalue weighted by molar-refractivity contribution is 5.80. The summed E-state index contributed by atoms with van der Waals surface area (Å²) in [4.78, 5) is 23.4. The van der Waals surface area contributed by atoms with Crippen molar-refractivity contribution in [3.05, 3.63) is 0 Å². The monoisotopic (exact) mass is 283 g/mol. The van der Waals surface area contributed by atoms with E-state index in [9.17, 15) is 9.59 Å². The number of rotatable bonds is 9. The quantitative estimate of drug-likeness (QED) is 0.557. The van der Waals surface area contributed by atoms with Gasteiger partial charge in [-0.25, -0.2) is 0 Å². The van der Waals surface area contributed by atoms with E-state index in [2.05, 4.69) is 22.9 Å². The predicted octanol–water partition coefficient (Wildman–Crippen LogP) is 1.19.